The Bertz CT molecular complexity index is 766. The molecule has 1 fully saturated rings. The number of benzene rings is 1. The highest BCUT2D eigenvalue weighted by Gasteiger charge is 2.27. The number of halogens is 1. The molecular formula is C20H29IN4O2. The van der Waals surface area contributed by atoms with Gasteiger partial charge >= 0.3 is 5.97 Å². The molecule has 0 amide bonds. The molecule has 6 nitrogen and oxygen atoms in total. The number of carbonyl (C=O) groups is 1. The summed E-state index contributed by atoms with van der Waals surface area (Å²) in [7, 11) is 1.81. The van der Waals surface area contributed by atoms with Crippen molar-refractivity contribution in [2.45, 2.75) is 26.2 Å². The molecule has 1 aliphatic heterocycles. The van der Waals surface area contributed by atoms with Gasteiger partial charge in [-0.25, -0.2) is 0 Å². The van der Waals surface area contributed by atoms with Gasteiger partial charge in [-0.05, 0) is 37.8 Å². The Morgan fingerprint density at radius 1 is 1.33 bits per heavy atom. The van der Waals surface area contributed by atoms with Gasteiger partial charge in [0, 0.05) is 43.8 Å². The minimum absolute atomic E-state index is 0. The fraction of sp³-hybridized carbons (Fsp3) is 0.500. The fourth-order valence-electron chi connectivity index (χ4n) is 3.57. The molecule has 0 spiro atoms. The maximum atomic E-state index is 11.9. The highest BCUT2D eigenvalue weighted by Crippen LogP contribution is 2.19. The number of aliphatic imine (C=N–C) groups is 1. The summed E-state index contributed by atoms with van der Waals surface area (Å²) in [5, 5.41) is 4.73. The number of H-pyrrole nitrogens is 1. The van der Waals surface area contributed by atoms with Crippen molar-refractivity contribution >= 4 is 46.8 Å². The quantitative estimate of drug-likeness (QED) is 0.296. The van der Waals surface area contributed by atoms with E-state index < -0.39 is 0 Å². The summed E-state index contributed by atoms with van der Waals surface area (Å²) in [4.78, 5) is 21.8. The molecule has 3 rings (SSSR count). The van der Waals surface area contributed by atoms with Crippen LogP contribution in [-0.2, 0) is 16.0 Å². The number of carbonyl (C=O) groups excluding carboxylic acids is 1. The van der Waals surface area contributed by atoms with Gasteiger partial charge in [-0.15, -0.1) is 24.0 Å². The summed E-state index contributed by atoms with van der Waals surface area (Å²) in [6.07, 6.45) is 4.66. The van der Waals surface area contributed by atoms with Crippen LogP contribution < -0.4 is 5.32 Å². The molecule has 2 aromatic rings. The van der Waals surface area contributed by atoms with Crippen LogP contribution in [0.25, 0.3) is 10.9 Å². The molecule has 1 saturated heterocycles. The average Bonchev–Trinajstić information content (AvgIpc) is 3.09. The Morgan fingerprint density at radius 3 is 2.78 bits per heavy atom. The van der Waals surface area contributed by atoms with Crippen molar-refractivity contribution in [1.29, 1.82) is 0 Å². The van der Waals surface area contributed by atoms with Crippen molar-refractivity contribution in [2.75, 3.05) is 33.3 Å². The predicted molar refractivity (Wildman–Crippen MR) is 120 cm³/mol. The van der Waals surface area contributed by atoms with Gasteiger partial charge in [0.15, 0.2) is 5.96 Å². The second kappa shape index (κ2) is 10.5. The number of hydrogen-bond acceptors (Lipinski definition) is 3. The number of ether oxygens (including phenoxy) is 1. The number of hydrogen-bond donors (Lipinski definition) is 2. The van der Waals surface area contributed by atoms with Crippen molar-refractivity contribution in [2.24, 2.45) is 10.9 Å². The molecular weight excluding hydrogens is 455 g/mol. The van der Waals surface area contributed by atoms with Crippen LogP contribution in [-0.4, -0.2) is 55.1 Å². The fourth-order valence-corrected chi connectivity index (χ4v) is 3.57. The molecule has 0 unspecified atom stereocenters. The number of likely N-dealkylation sites (tertiary alicyclic amines) is 1. The normalized spacial score (nSPS) is 15.5. The van der Waals surface area contributed by atoms with E-state index in [1.807, 2.05) is 20.0 Å². The summed E-state index contributed by atoms with van der Waals surface area (Å²) in [6, 6.07) is 8.36. The van der Waals surface area contributed by atoms with Gasteiger partial charge in [0.25, 0.3) is 0 Å². The predicted octanol–water partition coefficient (Wildman–Crippen LogP) is 3.18. The first-order valence-electron chi connectivity index (χ1n) is 9.40. The molecule has 0 radical (unpaired) electrons. The summed E-state index contributed by atoms with van der Waals surface area (Å²) >= 11 is 0. The van der Waals surface area contributed by atoms with Crippen LogP contribution in [0.3, 0.4) is 0 Å². The molecule has 7 heteroatoms. The van der Waals surface area contributed by atoms with Crippen molar-refractivity contribution in [3.63, 3.8) is 0 Å². The number of aromatic nitrogens is 1. The van der Waals surface area contributed by atoms with E-state index in [2.05, 4.69) is 44.6 Å². The van der Waals surface area contributed by atoms with Crippen molar-refractivity contribution in [3.8, 4) is 0 Å². The Labute approximate surface area is 177 Å². The van der Waals surface area contributed by atoms with Gasteiger partial charge in [-0.1, -0.05) is 18.2 Å². The molecule has 2 N–H and O–H groups in total. The Morgan fingerprint density at radius 2 is 2.07 bits per heavy atom. The smallest absolute Gasteiger partial charge is 0.309 e. The standard InChI is InChI=1S/C20H28N4O2.HI/c1-3-26-19(25)15-9-12-24(13-10-15)20(21-2)22-11-8-16-14-23-18-7-5-4-6-17(16)18;/h4-7,14-15,23H,3,8-13H2,1-2H3,(H,21,22);1H. The van der Waals surface area contributed by atoms with E-state index in [1.54, 1.807) is 0 Å². The van der Waals surface area contributed by atoms with Gasteiger partial charge < -0.3 is 19.9 Å². The monoisotopic (exact) mass is 484 g/mol. The van der Waals surface area contributed by atoms with Crippen molar-refractivity contribution < 1.29 is 9.53 Å². The number of rotatable bonds is 5. The molecule has 2 heterocycles. The number of fused-ring (bicyclic) bond motifs is 1. The third-order valence-electron chi connectivity index (χ3n) is 4.98. The second-order valence-electron chi connectivity index (χ2n) is 6.60. The van der Waals surface area contributed by atoms with Gasteiger partial charge in [-0.3, -0.25) is 9.79 Å². The Hall–Kier alpha value is -1.77. The van der Waals surface area contributed by atoms with Gasteiger partial charge in [0.1, 0.15) is 0 Å². The van der Waals surface area contributed by atoms with E-state index in [-0.39, 0.29) is 35.9 Å². The topological polar surface area (TPSA) is 69.7 Å². The maximum Gasteiger partial charge on any atom is 0.309 e. The molecule has 0 aliphatic carbocycles. The van der Waals surface area contributed by atoms with Gasteiger partial charge in [0.05, 0.1) is 12.5 Å². The lowest BCUT2D eigenvalue weighted by molar-refractivity contribution is -0.149. The second-order valence-corrected chi connectivity index (χ2v) is 6.60. The first-order valence-corrected chi connectivity index (χ1v) is 9.40. The van der Waals surface area contributed by atoms with Crippen LogP contribution in [0.2, 0.25) is 0 Å². The summed E-state index contributed by atoms with van der Waals surface area (Å²) < 4.78 is 5.14. The van der Waals surface area contributed by atoms with E-state index in [0.717, 1.165) is 44.9 Å². The highest BCUT2D eigenvalue weighted by molar-refractivity contribution is 14.0. The van der Waals surface area contributed by atoms with Gasteiger partial charge in [-0.2, -0.15) is 0 Å². The van der Waals surface area contributed by atoms with E-state index in [9.17, 15) is 4.79 Å². The number of aromatic amines is 1. The molecule has 27 heavy (non-hydrogen) atoms. The number of nitrogens with one attached hydrogen (secondary N) is 2. The van der Waals surface area contributed by atoms with Crippen LogP contribution in [0.4, 0.5) is 0 Å². The minimum atomic E-state index is -0.0607. The van der Waals surface area contributed by atoms with Crippen molar-refractivity contribution in [1.82, 2.24) is 15.2 Å². The lowest BCUT2D eigenvalue weighted by Gasteiger charge is -2.33. The lowest BCUT2D eigenvalue weighted by Crippen LogP contribution is -2.47. The third kappa shape index (κ3) is 5.37. The minimum Gasteiger partial charge on any atom is -0.466 e. The number of para-hydroxylation sites is 1. The van der Waals surface area contributed by atoms with E-state index in [4.69, 9.17) is 4.74 Å². The molecule has 0 bridgehead atoms. The number of piperidine rings is 1. The van der Waals surface area contributed by atoms with Crippen LogP contribution in [0.1, 0.15) is 25.3 Å². The van der Waals surface area contributed by atoms with E-state index >= 15 is 0 Å². The maximum absolute atomic E-state index is 11.9. The zero-order valence-electron chi connectivity index (χ0n) is 16.0. The van der Waals surface area contributed by atoms with E-state index in [0.29, 0.717) is 6.61 Å². The summed E-state index contributed by atoms with van der Waals surface area (Å²) in [5.41, 5.74) is 2.48. The zero-order chi connectivity index (χ0) is 18.4. The number of guanidine groups is 1. The molecule has 1 aromatic heterocycles. The van der Waals surface area contributed by atoms with Crippen molar-refractivity contribution in [3.05, 3.63) is 36.0 Å². The van der Waals surface area contributed by atoms with Crippen LogP contribution in [0.15, 0.2) is 35.5 Å². The van der Waals surface area contributed by atoms with Crippen LogP contribution in [0.5, 0.6) is 0 Å². The SMILES string of the molecule is CCOC(=O)C1CCN(C(=NC)NCCc2c[nH]c3ccccc23)CC1.I. The Balaban J connectivity index is 0.00000261. The molecule has 0 atom stereocenters. The van der Waals surface area contributed by atoms with Gasteiger partial charge in [0.2, 0.25) is 0 Å². The Kier molecular flexibility index (Phi) is 8.40. The van der Waals surface area contributed by atoms with E-state index in [1.165, 1.54) is 16.5 Å². The number of esters is 1. The summed E-state index contributed by atoms with van der Waals surface area (Å²) in [6.45, 7) is 4.79. The lowest BCUT2D eigenvalue weighted by atomic mass is 9.97. The first kappa shape index (κ1) is 21.5. The molecule has 1 aliphatic rings. The molecule has 1 aromatic carbocycles. The summed E-state index contributed by atoms with van der Waals surface area (Å²) in [5.74, 6) is 0.872. The third-order valence-corrected chi connectivity index (χ3v) is 4.98. The number of nitrogens with zero attached hydrogens (tertiary/aromatic N) is 2. The molecule has 148 valence electrons. The molecule has 0 saturated carbocycles. The van der Waals surface area contributed by atoms with Crippen LogP contribution in [0, 0.1) is 5.92 Å². The average molecular weight is 484 g/mol. The largest absolute Gasteiger partial charge is 0.466 e. The zero-order valence-corrected chi connectivity index (χ0v) is 18.4. The highest BCUT2D eigenvalue weighted by atomic mass is 127. The first-order chi connectivity index (χ1) is 12.7. The van der Waals surface area contributed by atoms with Crippen LogP contribution >= 0.6 is 24.0 Å².